The van der Waals surface area contributed by atoms with E-state index in [1.54, 1.807) is 18.2 Å². The van der Waals surface area contributed by atoms with Crippen LogP contribution in [-0.4, -0.2) is 35.4 Å². The second-order valence-corrected chi connectivity index (χ2v) is 7.65. The van der Waals surface area contributed by atoms with Gasteiger partial charge in [-0.1, -0.05) is 29.5 Å². The number of nitrogens with zero attached hydrogens (tertiary/aromatic N) is 1. The van der Waals surface area contributed by atoms with Crippen LogP contribution >= 0.6 is 11.8 Å². The van der Waals surface area contributed by atoms with Crippen molar-refractivity contribution in [2.45, 2.75) is 18.6 Å². The quantitative estimate of drug-likeness (QED) is 0.828. The topological polar surface area (TPSA) is 89.0 Å². The van der Waals surface area contributed by atoms with Gasteiger partial charge in [-0.05, 0) is 31.2 Å². The van der Waals surface area contributed by atoms with Crippen LogP contribution in [0.15, 0.2) is 47.5 Å². The van der Waals surface area contributed by atoms with Gasteiger partial charge in [-0.15, -0.1) is 0 Å². The Morgan fingerprint density at radius 3 is 2.71 bits per heavy atom. The molecule has 2 aliphatic rings. The fourth-order valence-electron chi connectivity index (χ4n) is 2.83. The number of thioether (sulfide) groups is 1. The Hall–Kier alpha value is -3.00. The molecule has 2 amide bonds. The monoisotopic (exact) mass is 397 g/mol. The normalized spacial score (nSPS) is 19.4. The van der Waals surface area contributed by atoms with Crippen molar-refractivity contribution in [1.82, 2.24) is 5.32 Å². The van der Waals surface area contributed by atoms with Crippen LogP contribution in [-0.2, 0) is 9.59 Å². The average Bonchev–Trinajstić information content (AvgIpc) is 3.02. The summed E-state index contributed by atoms with van der Waals surface area (Å²) in [5, 5.41) is 5.50. The molecule has 0 radical (unpaired) electrons. The van der Waals surface area contributed by atoms with Crippen molar-refractivity contribution >= 4 is 40.1 Å². The summed E-state index contributed by atoms with van der Waals surface area (Å²) in [4.78, 5) is 28.9. The van der Waals surface area contributed by atoms with Crippen LogP contribution < -0.4 is 20.1 Å². The third kappa shape index (κ3) is 4.28. The molecule has 0 spiro atoms. The minimum absolute atomic E-state index is 0.0739. The first-order chi connectivity index (χ1) is 13.6. The van der Waals surface area contributed by atoms with Crippen molar-refractivity contribution in [2.75, 3.05) is 18.5 Å². The first-order valence-electron chi connectivity index (χ1n) is 8.89. The van der Waals surface area contributed by atoms with Gasteiger partial charge in [0, 0.05) is 18.2 Å². The zero-order valence-electron chi connectivity index (χ0n) is 15.2. The largest absolute Gasteiger partial charge is 0.486 e. The molecule has 4 rings (SSSR count). The minimum Gasteiger partial charge on any atom is -0.486 e. The molecule has 0 saturated carbocycles. The summed E-state index contributed by atoms with van der Waals surface area (Å²) < 4.78 is 11.0. The molecule has 0 bridgehead atoms. The first kappa shape index (κ1) is 18.4. The SMILES string of the molecule is Cc1ccc(NC(=O)C[C@H]2SC(=Nc3ccc4c(c3)OCCO4)NC2=O)cc1. The minimum atomic E-state index is -0.513. The van der Waals surface area contributed by atoms with Gasteiger partial charge in [0.15, 0.2) is 16.7 Å². The highest BCUT2D eigenvalue weighted by molar-refractivity contribution is 8.15. The van der Waals surface area contributed by atoms with Gasteiger partial charge in [0.1, 0.15) is 18.5 Å². The van der Waals surface area contributed by atoms with Gasteiger partial charge >= 0.3 is 0 Å². The standard InChI is InChI=1S/C20H19N3O4S/c1-12-2-4-13(5-3-12)21-18(24)11-17-19(25)23-20(28-17)22-14-6-7-15-16(10-14)27-9-8-26-15/h2-7,10,17H,8-9,11H2,1H3,(H,21,24)(H,22,23,25)/t17-/m1/s1. The summed E-state index contributed by atoms with van der Waals surface area (Å²) in [6, 6.07) is 12.9. The molecule has 1 fully saturated rings. The molecule has 2 aromatic carbocycles. The molecule has 0 unspecified atom stereocenters. The Morgan fingerprint density at radius 1 is 1.18 bits per heavy atom. The molecule has 0 aromatic heterocycles. The lowest BCUT2D eigenvalue weighted by atomic mass is 10.2. The van der Waals surface area contributed by atoms with Crippen LogP contribution in [0.4, 0.5) is 11.4 Å². The zero-order valence-corrected chi connectivity index (χ0v) is 16.0. The number of ether oxygens (including phenoxy) is 2. The molecule has 2 aromatic rings. The molecule has 0 aliphatic carbocycles. The molecular weight excluding hydrogens is 378 g/mol. The van der Waals surface area contributed by atoms with Crippen LogP contribution in [0.25, 0.3) is 0 Å². The fraction of sp³-hybridized carbons (Fsp3) is 0.250. The summed E-state index contributed by atoms with van der Waals surface area (Å²) in [6.07, 6.45) is 0.0739. The van der Waals surface area contributed by atoms with E-state index in [4.69, 9.17) is 9.47 Å². The third-order valence-electron chi connectivity index (χ3n) is 4.24. The fourth-order valence-corrected chi connectivity index (χ4v) is 3.82. The highest BCUT2D eigenvalue weighted by Crippen LogP contribution is 2.34. The molecule has 8 heteroatoms. The van der Waals surface area contributed by atoms with E-state index in [0.29, 0.717) is 41.3 Å². The van der Waals surface area contributed by atoms with Crippen LogP contribution in [0, 0.1) is 6.92 Å². The number of hydrogen-bond acceptors (Lipinski definition) is 6. The van der Waals surface area contributed by atoms with Gasteiger partial charge in [-0.3, -0.25) is 9.59 Å². The lowest BCUT2D eigenvalue weighted by Crippen LogP contribution is -2.28. The van der Waals surface area contributed by atoms with Crippen molar-refractivity contribution in [3.63, 3.8) is 0 Å². The Kier molecular flexibility index (Phi) is 5.21. The number of carbonyl (C=O) groups excluding carboxylic acids is 2. The number of fused-ring (bicyclic) bond motifs is 1. The smallest absolute Gasteiger partial charge is 0.240 e. The van der Waals surface area contributed by atoms with E-state index >= 15 is 0 Å². The number of aliphatic imine (C=N–C) groups is 1. The number of benzene rings is 2. The van der Waals surface area contributed by atoms with Gasteiger partial charge < -0.3 is 20.1 Å². The van der Waals surface area contributed by atoms with E-state index in [9.17, 15) is 9.59 Å². The van der Waals surface area contributed by atoms with Crippen LogP contribution in [0.5, 0.6) is 11.5 Å². The number of amidine groups is 1. The van der Waals surface area contributed by atoms with Crippen LogP contribution in [0.1, 0.15) is 12.0 Å². The summed E-state index contributed by atoms with van der Waals surface area (Å²) in [5.41, 5.74) is 2.48. The number of hydrogen-bond donors (Lipinski definition) is 2. The number of carbonyl (C=O) groups is 2. The van der Waals surface area contributed by atoms with E-state index in [-0.39, 0.29) is 18.2 Å². The highest BCUT2D eigenvalue weighted by atomic mass is 32.2. The van der Waals surface area contributed by atoms with Crippen LogP contribution in [0.3, 0.4) is 0 Å². The maximum absolute atomic E-state index is 12.2. The maximum atomic E-state index is 12.2. The van der Waals surface area contributed by atoms with Crippen molar-refractivity contribution in [1.29, 1.82) is 0 Å². The van der Waals surface area contributed by atoms with E-state index in [1.807, 2.05) is 31.2 Å². The summed E-state index contributed by atoms with van der Waals surface area (Å²) in [6.45, 7) is 3.00. The Bertz CT molecular complexity index is 943. The van der Waals surface area contributed by atoms with Gasteiger partial charge in [-0.2, -0.15) is 0 Å². The Morgan fingerprint density at radius 2 is 1.93 bits per heavy atom. The summed E-state index contributed by atoms with van der Waals surface area (Å²) in [7, 11) is 0. The third-order valence-corrected chi connectivity index (χ3v) is 5.32. The molecule has 1 saturated heterocycles. The summed E-state index contributed by atoms with van der Waals surface area (Å²) in [5.74, 6) is 0.887. The number of amides is 2. The second-order valence-electron chi connectivity index (χ2n) is 6.46. The number of nitrogens with one attached hydrogen (secondary N) is 2. The predicted octanol–water partition coefficient (Wildman–Crippen LogP) is 3.01. The predicted molar refractivity (Wildman–Crippen MR) is 108 cm³/mol. The second kappa shape index (κ2) is 7.93. The Balaban J connectivity index is 1.38. The molecule has 1 atom stereocenters. The lowest BCUT2D eigenvalue weighted by Gasteiger charge is -2.18. The van der Waals surface area contributed by atoms with E-state index in [2.05, 4.69) is 15.6 Å². The van der Waals surface area contributed by atoms with Gasteiger partial charge in [0.25, 0.3) is 0 Å². The van der Waals surface area contributed by atoms with Crippen molar-refractivity contribution in [2.24, 2.45) is 4.99 Å². The Labute approximate surface area is 166 Å². The van der Waals surface area contributed by atoms with Crippen molar-refractivity contribution < 1.29 is 19.1 Å². The first-order valence-corrected chi connectivity index (χ1v) is 9.77. The molecule has 2 N–H and O–H groups in total. The van der Waals surface area contributed by atoms with E-state index in [0.717, 1.165) is 5.56 Å². The van der Waals surface area contributed by atoms with Gasteiger partial charge in [0.2, 0.25) is 11.8 Å². The van der Waals surface area contributed by atoms with Gasteiger partial charge in [-0.25, -0.2) is 4.99 Å². The average molecular weight is 397 g/mol. The van der Waals surface area contributed by atoms with Crippen molar-refractivity contribution in [3.8, 4) is 11.5 Å². The number of aryl methyl sites for hydroxylation is 1. The number of anilines is 1. The zero-order chi connectivity index (χ0) is 19.5. The molecule has 28 heavy (non-hydrogen) atoms. The molecule has 2 heterocycles. The molecular formula is C20H19N3O4S. The van der Waals surface area contributed by atoms with Gasteiger partial charge in [0.05, 0.1) is 5.69 Å². The number of rotatable bonds is 4. The van der Waals surface area contributed by atoms with E-state index in [1.165, 1.54) is 11.8 Å². The highest BCUT2D eigenvalue weighted by Gasteiger charge is 2.32. The molecule has 144 valence electrons. The lowest BCUT2D eigenvalue weighted by molar-refractivity contribution is -0.122. The van der Waals surface area contributed by atoms with E-state index < -0.39 is 5.25 Å². The van der Waals surface area contributed by atoms with Crippen molar-refractivity contribution in [3.05, 3.63) is 48.0 Å². The molecule has 2 aliphatic heterocycles. The summed E-state index contributed by atoms with van der Waals surface area (Å²) >= 11 is 1.25. The molecule has 7 nitrogen and oxygen atoms in total. The van der Waals surface area contributed by atoms with Crippen LogP contribution in [0.2, 0.25) is 0 Å². The maximum Gasteiger partial charge on any atom is 0.240 e.